The highest BCUT2D eigenvalue weighted by Crippen LogP contribution is 2.36. The van der Waals surface area contributed by atoms with Crippen molar-refractivity contribution in [3.8, 4) is 0 Å². The Morgan fingerprint density at radius 2 is 1.73 bits per heavy atom. The second-order valence-electron chi connectivity index (χ2n) is 6.27. The van der Waals surface area contributed by atoms with E-state index in [2.05, 4.69) is 20.7 Å². The molecule has 1 heterocycles. The van der Waals surface area contributed by atoms with E-state index in [1.165, 1.54) is 18.4 Å². The molecule has 0 amide bonds. The van der Waals surface area contributed by atoms with Crippen LogP contribution in [0.25, 0.3) is 20.2 Å². The van der Waals surface area contributed by atoms with Gasteiger partial charge >= 0.3 is 5.97 Å². The van der Waals surface area contributed by atoms with E-state index < -0.39 is 22.0 Å². The second kappa shape index (κ2) is 7.26. The van der Waals surface area contributed by atoms with Crippen LogP contribution in [0.15, 0.2) is 45.8 Å². The Morgan fingerprint density at radius 3 is 2.35 bits per heavy atom. The first-order chi connectivity index (χ1) is 12.2. The summed E-state index contributed by atoms with van der Waals surface area (Å²) in [7, 11) is -2.61. The Labute approximate surface area is 164 Å². The van der Waals surface area contributed by atoms with E-state index >= 15 is 0 Å². The minimum absolute atomic E-state index is 0.130. The lowest BCUT2D eigenvalue weighted by atomic mass is 10.1. The lowest BCUT2D eigenvalue weighted by molar-refractivity contribution is -0.143. The van der Waals surface area contributed by atoms with Gasteiger partial charge in [0.05, 0.1) is 12.0 Å². The van der Waals surface area contributed by atoms with Gasteiger partial charge in [0.1, 0.15) is 6.04 Å². The molecule has 26 heavy (non-hydrogen) atoms. The molecule has 8 heteroatoms. The van der Waals surface area contributed by atoms with Crippen LogP contribution < -0.4 is 4.72 Å². The third kappa shape index (κ3) is 3.64. The van der Waals surface area contributed by atoms with Gasteiger partial charge in [-0.15, -0.1) is 11.3 Å². The number of nitrogens with one attached hydrogen (secondary N) is 1. The molecule has 0 aliphatic rings. The molecule has 138 valence electrons. The molecule has 3 rings (SSSR count). The highest BCUT2D eigenvalue weighted by atomic mass is 79.9. The lowest BCUT2D eigenvalue weighted by Crippen LogP contribution is -2.44. The first-order valence-corrected chi connectivity index (χ1v) is 11.0. The van der Waals surface area contributed by atoms with Crippen molar-refractivity contribution in [3.05, 3.63) is 40.9 Å². The number of thiophene rings is 1. The largest absolute Gasteiger partial charge is 0.468 e. The van der Waals surface area contributed by atoms with E-state index in [1.807, 2.05) is 18.2 Å². The number of rotatable bonds is 5. The van der Waals surface area contributed by atoms with E-state index in [-0.39, 0.29) is 10.8 Å². The van der Waals surface area contributed by atoms with E-state index in [9.17, 15) is 13.2 Å². The van der Waals surface area contributed by atoms with Crippen molar-refractivity contribution < 1.29 is 17.9 Å². The highest BCUT2D eigenvalue weighted by molar-refractivity contribution is 9.10. The van der Waals surface area contributed by atoms with Crippen LogP contribution in [0.4, 0.5) is 0 Å². The third-order valence-electron chi connectivity index (χ3n) is 4.12. The molecule has 0 bridgehead atoms. The predicted molar refractivity (Wildman–Crippen MR) is 108 cm³/mol. The van der Waals surface area contributed by atoms with Crippen molar-refractivity contribution in [1.82, 2.24) is 4.72 Å². The van der Waals surface area contributed by atoms with Gasteiger partial charge in [0.2, 0.25) is 10.0 Å². The first kappa shape index (κ1) is 19.3. The van der Waals surface area contributed by atoms with Crippen molar-refractivity contribution in [3.63, 3.8) is 0 Å². The Balaban J connectivity index is 2.03. The number of esters is 1. The molecule has 5 nitrogen and oxygen atoms in total. The fourth-order valence-electron chi connectivity index (χ4n) is 2.72. The van der Waals surface area contributed by atoms with Gasteiger partial charge < -0.3 is 4.74 Å². The molecule has 3 aromatic rings. The molecule has 2 aromatic carbocycles. The Bertz CT molecular complexity index is 1090. The SMILES string of the molecule is COC(=O)C(NS(=O)(=O)c1ccc2c(c1)sc1cc(Br)ccc12)C(C)C. The van der Waals surface area contributed by atoms with Gasteiger partial charge in [0, 0.05) is 24.6 Å². The first-order valence-electron chi connectivity index (χ1n) is 7.95. The standard InChI is InChI=1S/C18H18BrNO4S2/c1-10(2)17(18(21)24-3)20-26(22,23)12-5-7-14-13-6-4-11(19)8-15(13)25-16(14)9-12/h4-10,17,20H,1-3H3. The van der Waals surface area contributed by atoms with Gasteiger partial charge in [-0.05, 0) is 30.2 Å². The minimum Gasteiger partial charge on any atom is -0.468 e. The Morgan fingerprint density at radius 1 is 1.12 bits per heavy atom. The van der Waals surface area contributed by atoms with Crippen molar-refractivity contribution in [1.29, 1.82) is 0 Å². The third-order valence-corrected chi connectivity index (χ3v) is 7.17. The molecule has 0 spiro atoms. The number of ether oxygens (including phenoxy) is 1. The van der Waals surface area contributed by atoms with E-state index in [0.29, 0.717) is 0 Å². The summed E-state index contributed by atoms with van der Waals surface area (Å²) in [5.74, 6) is -0.834. The maximum absolute atomic E-state index is 12.8. The van der Waals surface area contributed by atoms with E-state index in [4.69, 9.17) is 4.74 Å². The molecule has 1 atom stereocenters. The molecule has 0 saturated carbocycles. The monoisotopic (exact) mass is 455 g/mol. The zero-order valence-electron chi connectivity index (χ0n) is 14.4. The Hall–Kier alpha value is -1.48. The van der Waals surface area contributed by atoms with Crippen molar-refractivity contribution in [2.24, 2.45) is 5.92 Å². The summed E-state index contributed by atoms with van der Waals surface area (Å²) in [6.45, 7) is 3.52. The van der Waals surface area contributed by atoms with Gasteiger partial charge in [0.15, 0.2) is 0 Å². The van der Waals surface area contributed by atoms with Gasteiger partial charge in [-0.2, -0.15) is 4.72 Å². The number of halogens is 1. The fourth-order valence-corrected chi connectivity index (χ4v) is 5.85. The highest BCUT2D eigenvalue weighted by Gasteiger charge is 2.29. The average molecular weight is 456 g/mol. The maximum Gasteiger partial charge on any atom is 0.324 e. The van der Waals surface area contributed by atoms with Crippen molar-refractivity contribution in [2.75, 3.05) is 7.11 Å². The average Bonchev–Trinajstić information content (AvgIpc) is 2.95. The number of hydrogen-bond donors (Lipinski definition) is 1. The summed E-state index contributed by atoms with van der Waals surface area (Å²) in [6, 6.07) is 10.1. The molecule has 1 aromatic heterocycles. The molecular formula is C18H18BrNO4S2. The van der Waals surface area contributed by atoms with Gasteiger partial charge in [0.25, 0.3) is 0 Å². The van der Waals surface area contributed by atoms with Crippen LogP contribution >= 0.6 is 27.3 Å². The number of hydrogen-bond acceptors (Lipinski definition) is 5. The van der Waals surface area contributed by atoms with Gasteiger partial charge in [-0.1, -0.05) is 41.9 Å². The normalized spacial score (nSPS) is 13.4. The lowest BCUT2D eigenvalue weighted by Gasteiger charge is -2.19. The molecular weight excluding hydrogens is 438 g/mol. The van der Waals surface area contributed by atoms with Crippen LogP contribution in [0.1, 0.15) is 13.8 Å². The fraction of sp³-hybridized carbons (Fsp3) is 0.278. The molecule has 0 fully saturated rings. The molecule has 0 saturated heterocycles. The van der Waals surface area contributed by atoms with Crippen molar-refractivity contribution in [2.45, 2.75) is 24.8 Å². The molecule has 0 aliphatic carbocycles. The summed E-state index contributed by atoms with van der Waals surface area (Å²) in [4.78, 5) is 12.0. The van der Waals surface area contributed by atoms with Crippen LogP contribution in [0, 0.1) is 5.92 Å². The molecule has 1 N–H and O–H groups in total. The van der Waals surface area contributed by atoms with E-state index in [1.54, 1.807) is 32.0 Å². The van der Waals surface area contributed by atoms with Gasteiger partial charge in [-0.25, -0.2) is 8.42 Å². The summed E-state index contributed by atoms with van der Waals surface area (Å²) < 4.78 is 35.6. The van der Waals surface area contributed by atoms with Gasteiger partial charge in [-0.3, -0.25) is 4.79 Å². The number of carbonyl (C=O) groups is 1. The second-order valence-corrected chi connectivity index (χ2v) is 9.98. The van der Waals surface area contributed by atoms with Crippen LogP contribution in [0.3, 0.4) is 0 Å². The predicted octanol–water partition coefficient (Wildman–Crippen LogP) is 4.29. The molecule has 0 radical (unpaired) electrons. The van der Waals surface area contributed by atoms with Crippen LogP contribution in [0.5, 0.6) is 0 Å². The van der Waals surface area contributed by atoms with Crippen molar-refractivity contribution >= 4 is 63.4 Å². The number of methoxy groups -OCH3 is 1. The smallest absolute Gasteiger partial charge is 0.324 e. The topological polar surface area (TPSA) is 72.5 Å². The zero-order chi connectivity index (χ0) is 19.1. The number of fused-ring (bicyclic) bond motifs is 3. The van der Waals surface area contributed by atoms with Crippen LogP contribution in [0.2, 0.25) is 0 Å². The molecule has 0 aliphatic heterocycles. The number of carbonyl (C=O) groups excluding carboxylic acids is 1. The van der Waals surface area contributed by atoms with Crippen LogP contribution in [-0.4, -0.2) is 27.5 Å². The zero-order valence-corrected chi connectivity index (χ0v) is 17.7. The summed E-state index contributed by atoms with van der Waals surface area (Å²) in [5.41, 5.74) is 0. The summed E-state index contributed by atoms with van der Waals surface area (Å²) in [5, 5.41) is 2.09. The summed E-state index contributed by atoms with van der Waals surface area (Å²) in [6.07, 6.45) is 0. The van der Waals surface area contributed by atoms with E-state index in [0.717, 1.165) is 24.6 Å². The summed E-state index contributed by atoms with van der Waals surface area (Å²) >= 11 is 4.98. The quantitative estimate of drug-likeness (QED) is 0.582. The maximum atomic E-state index is 12.8. The number of sulfonamides is 1. The minimum atomic E-state index is -3.85. The molecule has 1 unspecified atom stereocenters. The van der Waals surface area contributed by atoms with Crippen LogP contribution in [-0.2, 0) is 19.6 Å². The Kier molecular flexibility index (Phi) is 5.39. The number of benzene rings is 2.